The SMILES string of the molecule is CC(C)CN(C)CCCC(C)(N)C(N)=O. The monoisotopic (exact) mass is 215 g/mol. The van der Waals surface area contributed by atoms with Crippen molar-refractivity contribution in [1.29, 1.82) is 0 Å². The number of hydrogen-bond acceptors (Lipinski definition) is 3. The molecular formula is C11H25N3O. The fraction of sp³-hybridized carbons (Fsp3) is 0.909. The Morgan fingerprint density at radius 3 is 2.40 bits per heavy atom. The van der Waals surface area contributed by atoms with Gasteiger partial charge in [0.1, 0.15) is 0 Å². The topological polar surface area (TPSA) is 72.3 Å². The van der Waals surface area contributed by atoms with Crippen molar-refractivity contribution >= 4 is 5.91 Å². The summed E-state index contributed by atoms with van der Waals surface area (Å²) in [6.07, 6.45) is 1.55. The first-order valence-electron chi connectivity index (χ1n) is 5.53. The first-order chi connectivity index (χ1) is 6.75. The van der Waals surface area contributed by atoms with E-state index in [2.05, 4.69) is 25.8 Å². The van der Waals surface area contributed by atoms with Crippen LogP contribution in [-0.4, -0.2) is 36.5 Å². The summed E-state index contributed by atoms with van der Waals surface area (Å²) in [6, 6.07) is 0. The Morgan fingerprint density at radius 2 is 2.00 bits per heavy atom. The molecule has 4 N–H and O–H groups in total. The zero-order valence-corrected chi connectivity index (χ0v) is 10.4. The molecular weight excluding hydrogens is 190 g/mol. The summed E-state index contributed by atoms with van der Waals surface area (Å²) in [6.45, 7) is 8.09. The zero-order chi connectivity index (χ0) is 12.1. The van der Waals surface area contributed by atoms with E-state index in [-0.39, 0.29) is 0 Å². The van der Waals surface area contributed by atoms with Crippen molar-refractivity contribution in [2.24, 2.45) is 17.4 Å². The van der Waals surface area contributed by atoms with Crippen LogP contribution >= 0.6 is 0 Å². The lowest BCUT2D eigenvalue weighted by molar-refractivity contribution is -0.122. The molecule has 0 saturated carbocycles. The van der Waals surface area contributed by atoms with Crippen molar-refractivity contribution in [3.63, 3.8) is 0 Å². The highest BCUT2D eigenvalue weighted by atomic mass is 16.1. The van der Waals surface area contributed by atoms with Gasteiger partial charge in [-0.1, -0.05) is 13.8 Å². The second-order valence-corrected chi connectivity index (χ2v) is 5.04. The van der Waals surface area contributed by atoms with E-state index in [1.807, 2.05) is 0 Å². The van der Waals surface area contributed by atoms with Crippen LogP contribution in [0.3, 0.4) is 0 Å². The van der Waals surface area contributed by atoms with Crippen LogP contribution in [0, 0.1) is 5.92 Å². The second-order valence-electron chi connectivity index (χ2n) is 5.04. The molecule has 0 rings (SSSR count). The molecule has 0 aromatic heterocycles. The normalized spacial score (nSPS) is 15.7. The third-order valence-electron chi connectivity index (χ3n) is 2.48. The molecule has 90 valence electrons. The number of carbonyl (C=O) groups is 1. The first kappa shape index (κ1) is 14.4. The summed E-state index contributed by atoms with van der Waals surface area (Å²) >= 11 is 0. The van der Waals surface area contributed by atoms with E-state index in [4.69, 9.17) is 11.5 Å². The van der Waals surface area contributed by atoms with E-state index < -0.39 is 11.4 Å². The van der Waals surface area contributed by atoms with Crippen molar-refractivity contribution in [3.05, 3.63) is 0 Å². The van der Waals surface area contributed by atoms with E-state index >= 15 is 0 Å². The Labute approximate surface area is 93.0 Å². The highest BCUT2D eigenvalue weighted by molar-refractivity contribution is 5.83. The Balaban J connectivity index is 3.74. The van der Waals surface area contributed by atoms with Gasteiger partial charge in [0.25, 0.3) is 0 Å². The predicted octanol–water partition coefficient (Wildman–Crippen LogP) is 0.557. The quantitative estimate of drug-likeness (QED) is 0.651. The lowest BCUT2D eigenvalue weighted by Crippen LogP contribution is -2.49. The lowest BCUT2D eigenvalue weighted by atomic mass is 9.96. The van der Waals surface area contributed by atoms with Gasteiger partial charge in [0.15, 0.2) is 0 Å². The van der Waals surface area contributed by atoms with Crippen LogP contribution in [0.25, 0.3) is 0 Å². The van der Waals surface area contributed by atoms with Gasteiger partial charge in [-0.15, -0.1) is 0 Å². The number of primary amides is 1. The molecule has 0 spiro atoms. The number of hydrogen-bond donors (Lipinski definition) is 2. The van der Waals surface area contributed by atoms with Gasteiger partial charge in [-0.3, -0.25) is 4.79 Å². The average Bonchev–Trinajstić information content (AvgIpc) is 2.01. The van der Waals surface area contributed by atoms with Crippen molar-refractivity contribution in [2.75, 3.05) is 20.1 Å². The Morgan fingerprint density at radius 1 is 1.47 bits per heavy atom. The van der Waals surface area contributed by atoms with Gasteiger partial charge in [-0.05, 0) is 39.3 Å². The summed E-state index contributed by atoms with van der Waals surface area (Å²) in [4.78, 5) is 13.2. The van der Waals surface area contributed by atoms with Gasteiger partial charge in [0.05, 0.1) is 5.54 Å². The molecule has 0 aliphatic heterocycles. The van der Waals surface area contributed by atoms with Crippen LogP contribution in [0.1, 0.15) is 33.6 Å². The maximum absolute atomic E-state index is 11.0. The molecule has 4 heteroatoms. The summed E-state index contributed by atoms with van der Waals surface area (Å²) in [5.41, 5.74) is 10.1. The van der Waals surface area contributed by atoms with Crippen LogP contribution in [0.4, 0.5) is 0 Å². The minimum atomic E-state index is -0.862. The number of amides is 1. The van der Waals surface area contributed by atoms with E-state index in [1.165, 1.54) is 0 Å². The third kappa shape index (κ3) is 6.47. The van der Waals surface area contributed by atoms with Crippen LogP contribution in [0.15, 0.2) is 0 Å². The maximum atomic E-state index is 11.0. The van der Waals surface area contributed by atoms with E-state index in [9.17, 15) is 4.79 Å². The summed E-state index contributed by atoms with van der Waals surface area (Å²) in [7, 11) is 2.08. The van der Waals surface area contributed by atoms with Crippen molar-refractivity contribution in [3.8, 4) is 0 Å². The van der Waals surface area contributed by atoms with Crippen LogP contribution in [0.5, 0.6) is 0 Å². The minimum Gasteiger partial charge on any atom is -0.368 e. The molecule has 1 atom stereocenters. The van der Waals surface area contributed by atoms with E-state index in [0.29, 0.717) is 12.3 Å². The molecule has 0 aromatic carbocycles. The second kappa shape index (κ2) is 6.08. The largest absolute Gasteiger partial charge is 0.368 e. The summed E-state index contributed by atoms with van der Waals surface area (Å²) < 4.78 is 0. The van der Waals surface area contributed by atoms with Gasteiger partial charge < -0.3 is 16.4 Å². The average molecular weight is 215 g/mol. The minimum absolute atomic E-state index is 0.422. The molecule has 0 fully saturated rings. The fourth-order valence-corrected chi connectivity index (χ4v) is 1.55. The van der Waals surface area contributed by atoms with Crippen LogP contribution in [-0.2, 0) is 4.79 Å². The molecule has 1 amide bonds. The Hall–Kier alpha value is -0.610. The smallest absolute Gasteiger partial charge is 0.237 e. The van der Waals surface area contributed by atoms with Crippen molar-refractivity contribution in [2.45, 2.75) is 39.2 Å². The van der Waals surface area contributed by atoms with Crippen molar-refractivity contribution < 1.29 is 4.79 Å². The van der Waals surface area contributed by atoms with E-state index in [1.54, 1.807) is 6.92 Å². The zero-order valence-electron chi connectivity index (χ0n) is 10.4. The van der Waals surface area contributed by atoms with Gasteiger partial charge in [-0.25, -0.2) is 0 Å². The molecule has 0 aliphatic carbocycles. The molecule has 15 heavy (non-hydrogen) atoms. The molecule has 0 bridgehead atoms. The summed E-state index contributed by atoms with van der Waals surface area (Å²) in [5, 5.41) is 0. The Kier molecular flexibility index (Phi) is 5.83. The molecule has 0 saturated heterocycles. The third-order valence-corrected chi connectivity index (χ3v) is 2.48. The van der Waals surface area contributed by atoms with Crippen LogP contribution in [0.2, 0.25) is 0 Å². The highest BCUT2D eigenvalue weighted by Crippen LogP contribution is 2.08. The molecule has 4 nitrogen and oxygen atoms in total. The molecule has 1 unspecified atom stereocenters. The molecule has 0 aliphatic rings. The standard InChI is InChI=1S/C11H25N3O/c1-9(2)8-14(4)7-5-6-11(3,13)10(12)15/h9H,5-8,13H2,1-4H3,(H2,12,15). The molecule has 0 aromatic rings. The van der Waals surface area contributed by atoms with E-state index in [0.717, 1.165) is 19.5 Å². The molecule has 0 heterocycles. The lowest BCUT2D eigenvalue weighted by Gasteiger charge is -2.23. The first-order valence-corrected chi connectivity index (χ1v) is 5.53. The van der Waals surface area contributed by atoms with Gasteiger partial charge in [-0.2, -0.15) is 0 Å². The number of carbonyl (C=O) groups excluding carboxylic acids is 1. The van der Waals surface area contributed by atoms with Gasteiger partial charge in [0.2, 0.25) is 5.91 Å². The van der Waals surface area contributed by atoms with Crippen molar-refractivity contribution in [1.82, 2.24) is 4.90 Å². The summed E-state index contributed by atoms with van der Waals surface area (Å²) in [5.74, 6) is 0.240. The van der Waals surface area contributed by atoms with Gasteiger partial charge in [0, 0.05) is 6.54 Å². The molecule has 0 radical (unpaired) electrons. The Bertz CT molecular complexity index is 202. The maximum Gasteiger partial charge on any atom is 0.237 e. The number of rotatable bonds is 7. The number of nitrogens with zero attached hydrogens (tertiary/aromatic N) is 1. The highest BCUT2D eigenvalue weighted by Gasteiger charge is 2.24. The fourth-order valence-electron chi connectivity index (χ4n) is 1.55. The van der Waals surface area contributed by atoms with Gasteiger partial charge >= 0.3 is 0 Å². The number of nitrogens with two attached hydrogens (primary N) is 2. The predicted molar refractivity (Wildman–Crippen MR) is 63.4 cm³/mol. The van der Waals surface area contributed by atoms with Crippen LogP contribution < -0.4 is 11.5 Å².